The van der Waals surface area contributed by atoms with Crippen molar-refractivity contribution in [3.8, 4) is 0 Å². The zero-order valence-corrected chi connectivity index (χ0v) is 3.50. The molecule has 0 amide bonds. The zero-order chi connectivity index (χ0) is 3.41. The fourth-order valence-corrected chi connectivity index (χ4v) is 0. The van der Waals surface area contributed by atoms with E-state index in [2.05, 4.69) is 9.24 Å². The van der Waals surface area contributed by atoms with Crippen LogP contribution in [0.25, 0.3) is 0 Å². The number of hydrogen-bond acceptors (Lipinski definition) is 0. The summed E-state index contributed by atoms with van der Waals surface area (Å²) in [5.41, 5.74) is 0. The van der Waals surface area contributed by atoms with Crippen molar-refractivity contribution in [2.24, 2.45) is 0 Å². The smallest absolute Gasteiger partial charge is 0.0146 e. The minimum Gasteiger partial charge on any atom is -0.0865 e. The average molecular weight is 72.0 g/mol. The lowest BCUT2D eigenvalue weighted by Gasteiger charge is -1.47. The highest BCUT2D eigenvalue weighted by atomic mass is 31.0. The second kappa shape index (κ2) is 3.17. The van der Waals surface area contributed by atoms with E-state index in [4.69, 9.17) is 0 Å². The highest BCUT2D eigenvalue weighted by molar-refractivity contribution is 7.20. The van der Waals surface area contributed by atoms with Crippen molar-refractivity contribution in [2.75, 3.05) is 0 Å². The molecule has 0 aliphatic rings. The van der Waals surface area contributed by atoms with E-state index in [9.17, 15) is 0 Å². The molecule has 0 bridgehead atoms. The van der Waals surface area contributed by atoms with Crippen LogP contribution in [-0.2, 0) is 0 Å². The molecule has 0 spiro atoms. The molecule has 0 aliphatic heterocycles. The van der Waals surface area contributed by atoms with Crippen LogP contribution in [0.5, 0.6) is 0 Å². The molecule has 2 radical (unpaired) electrons. The maximum Gasteiger partial charge on any atom is -0.0146 e. The van der Waals surface area contributed by atoms with Crippen LogP contribution in [0, 0.1) is 0 Å². The number of hydrogen-bond donors (Lipinski definition) is 0. The van der Waals surface area contributed by atoms with Gasteiger partial charge in [-0.2, -0.15) is 0 Å². The lowest BCUT2D eigenvalue weighted by atomic mass is 10.8. The summed E-state index contributed by atoms with van der Waals surface area (Å²) in [5, 5.41) is 0. The summed E-state index contributed by atoms with van der Waals surface area (Å²) >= 11 is 0. The molecule has 4 heavy (non-hydrogen) atoms. The topological polar surface area (TPSA) is 0 Å². The van der Waals surface area contributed by atoms with Gasteiger partial charge in [-0.1, -0.05) is 11.9 Å². The van der Waals surface area contributed by atoms with Crippen molar-refractivity contribution < 1.29 is 0 Å². The van der Waals surface area contributed by atoms with Crippen LogP contribution in [0.3, 0.4) is 0 Å². The normalized spacial score (nSPS) is 9.50. The molecule has 0 aliphatic carbocycles. The van der Waals surface area contributed by atoms with Crippen molar-refractivity contribution in [1.82, 2.24) is 0 Å². The molecule has 0 unspecified atom stereocenters. The van der Waals surface area contributed by atoms with E-state index in [-0.39, 0.29) is 0 Å². The van der Waals surface area contributed by atoms with Gasteiger partial charge in [0.15, 0.2) is 0 Å². The summed E-state index contributed by atoms with van der Waals surface area (Å²) in [4.78, 5) is 0. The summed E-state index contributed by atoms with van der Waals surface area (Å²) in [6.07, 6.45) is 1.86. The van der Waals surface area contributed by atoms with Gasteiger partial charge in [-0.15, -0.1) is 0 Å². The van der Waals surface area contributed by atoms with Gasteiger partial charge in [0.05, 0.1) is 0 Å². The Morgan fingerprint density at radius 1 is 1.75 bits per heavy atom. The minimum absolute atomic E-state index is 1.69. The molecule has 0 atom stereocenters. The van der Waals surface area contributed by atoms with Crippen LogP contribution in [0.15, 0.2) is 11.9 Å². The Kier molecular flexibility index (Phi) is 3.30. The van der Waals surface area contributed by atoms with E-state index in [1.54, 1.807) is 5.82 Å². The lowest BCUT2D eigenvalue weighted by Crippen LogP contribution is -1.18. The van der Waals surface area contributed by atoms with Crippen molar-refractivity contribution in [3.05, 3.63) is 11.9 Å². The Balaban J connectivity index is 2.55. The fourth-order valence-electron chi connectivity index (χ4n) is 0. The molecule has 0 saturated carbocycles. The van der Waals surface area contributed by atoms with Crippen molar-refractivity contribution in [2.45, 2.75) is 6.92 Å². The largest absolute Gasteiger partial charge is 0.0865 e. The molecule has 0 fully saturated rings. The van der Waals surface area contributed by atoms with Gasteiger partial charge in [0.1, 0.15) is 0 Å². The Morgan fingerprint density at radius 2 is 2.00 bits per heavy atom. The Bertz CT molecular complexity index is 18.5. The van der Waals surface area contributed by atoms with Crippen LogP contribution < -0.4 is 0 Å². The first kappa shape index (κ1) is 4.17. The van der Waals surface area contributed by atoms with Gasteiger partial charge in [-0.25, -0.2) is 0 Å². The van der Waals surface area contributed by atoms with Crippen LogP contribution >= 0.6 is 9.24 Å². The van der Waals surface area contributed by atoms with Crippen molar-refractivity contribution >= 4 is 9.24 Å². The van der Waals surface area contributed by atoms with Crippen molar-refractivity contribution in [1.29, 1.82) is 0 Å². The highest BCUT2D eigenvalue weighted by Crippen LogP contribution is 1.77. The van der Waals surface area contributed by atoms with Gasteiger partial charge in [0, 0.05) is 0 Å². The molecular weight excluding hydrogens is 67.0 g/mol. The quantitative estimate of drug-likeness (QED) is 0.383. The molecule has 0 aromatic carbocycles. The Labute approximate surface area is 29.1 Å². The average Bonchev–Trinajstić information content (AvgIpc) is 1.37. The molecule has 0 nitrogen and oxygen atoms in total. The van der Waals surface area contributed by atoms with Gasteiger partial charge in [0.25, 0.3) is 0 Å². The molecule has 0 saturated heterocycles. The molecule has 0 rings (SSSR count). The molecule has 1 heteroatoms. The third kappa shape index (κ3) is 2.17. The van der Waals surface area contributed by atoms with E-state index < -0.39 is 0 Å². The van der Waals surface area contributed by atoms with Gasteiger partial charge in [-0.3, -0.25) is 0 Å². The first-order valence-electron chi connectivity index (χ1n) is 1.17. The predicted molar refractivity (Wildman–Crippen MR) is 21.7 cm³/mol. The van der Waals surface area contributed by atoms with Gasteiger partial charge in [0.2, 0.25) is 0 Å². The van der Waals surface area contributed by atoms with Gasteiger partial charge in [-0.05, 0) is 16.2 Å². The Hall–Kier alpha value is 0.170. The fraction of sp³-hybridized carbons (Fsp3) is 0.333. The second-order valence-electron chi connectivity index (χ2n) is 0.482. The first-order chi connectivity index (χ1) is 1.91. The van der Waals surface area contributed by atoms with Crippen LogP contribution in [0.4, 0.5) is 0 Å². The van der Waals surface area contributed by atoms with Gasteiger partial charge < -0.3 is 0 Å². The second-order valence-corrected chi connectivity index (χ2v) is 0.781. The van der Waals surface area contributed by atoms with E-state index in [1.807, 2.05) is 13.0 Å². The monoisotopic (exact) mass is 72.0 g/mol. The summed E-state index contributed by atoms with van der Waals surface area (Å²) in [5.74, 6) is 1.69. The third-order valence-corrected chi connectivity index (χ3v) is 0.447. The van der Waals surface area contributed by atoms with E-state index >= 15 is 0 Å². The molecule has 0 aromatic rings. The first-order valence-corrected chi connectivity index (χ1v) is 1.69. The van der Waals surface area contributed by atoms with Crippen molar-refractivity contribution in [3.63, 3.8) is 0 Å². The van der Waals surface area contributed by atoms with Gasteiger partial charge >= 0.3 is 0 Å². The summed E-state index contributed by atoms with van der Waals surface area (Å²) in [6, 6.07) is 0. The molecule has 0 heterocycles. The van der Waals surface area contributed by atoms with E-state index in [0.717, 1.165) is 0 Å². The van der Waals surface area contributed by atoms with Crippen LogP contribution in [-0.4, -0.2) is 0 Å². The summed E-state index contributed by atoms with van der Waals surface area (Å²) in [7, 11) is 3.74. The SMILES string of the molecule is CC=C[P]. The Morgan fingerprint density at radius 3 is 2.00 bits per heavy atom. The van der Waals surface area contributed by atoms with Crippen LogP contribution in [0.2, 0.25) is 0 Å². The zero-order valence-electron chi connectivity index (χ0n) is 2.60. The van der Waals surface area contributed by atoms with E-state index in [0.29, 0.717) is 0 Å². The summed E-state index contributed by atoms with van der Waals surface area (Å²) in [6.45, 7) is 1.92. The minimum atomic E-state index is 1.69. The summed E-state index contributed by atoms with van der Waals surface area (Å²) < 4.78 is 0. The number of rotatable bonds is 0. The van der Waals surface area contributed by atoms with E-state index in [1.165, 1.54) is 0 Å². The molecule has 0 N–H and O–H groups in total. The standard InChI is InChI=1S/C3H5P/c1-2-3-4/h2-3H,1H3. The molecule has 22 valence electrons. The number of allylic oxidation sites excluding steroid dienone is 1. The lowest BCUT2D eigenvalue weighted by molar-refractivity contribution is 1.79. The molecule has 0 aromatic heterocycles. The maximum atomic E-state index is 3.74. The highest BCUT2D eigenvalue weighted by Gasteiger charge is 1.36. The predicted octanol–water partition coefficient (Wildman–Crippen LogP) is 1.93. The molecular formula is C3H5P. The van der Waals surface area contributed by atoms with Crippen LogP contribution in [0.1, 0.15) is 6.92 Å². The maximum absolute atomic E-state index is 3.74. The third-order valence-electron chi connectivity index (χ3n) is 0.149.